The number of amides is 1. The number of halogens is 1. The van der Waals surface area contributed by atoms with Gasteiger partial charge in [-0.25, -0.2) is 13.8 Å². The zero-order valence-electron chi connectivity index (χ0n) is 24.2. The number of aromatic nitrogens is 2. The Morgan fingerprint density at radius 1 is 1.24 bits per heavy atom. The SMILES string of the molecule is CCCC(=O)Nc1ccn(C2O[C@H](COP(=O)(N[C@@H](C)C(=O)OC(C)C)Oc3ccccc3)C(C)(CO)[C@H]2F)c(=O)n1. The lowest BCUT2D eigenvalue weighted by molar-refractivity contribution is -0.149. The highest BCUT2D eigenvalue weighted by atomic mass is 31.2. The number of nitrogens with one attached hydrogen (secondary N) is 2. The molecule has 1 fully saturated rings. The van der Waals surface area contributed by atoms with Crippen LogP contribution in [-0.2, 0) is 28.2 Å². The normalized spacial score (nSPS) is 24.1. The number of alkyl halides is 1. The van der Waals surface area contributed by atoms with Crippen LogP contribution in [0.15, 0.2) is 47.4 Å². The van der Waals surface area contributed by atoms with E-state index in [1.165, 1.54) is 38.2 Å². The molecule has 0 spiro atoms. The zero-order valence-corrected chi connectivity index (χ0v) is 25.1. The number of nitrogens with zero attached hydrogens (tertiary/aromatic N) is 2. The molecule has 0 saturated carbocycles. The van der Waals surface area contributed by atoms with Crippen LogP contribution in [0.2, 0.25) is 0 Å². The fraction of sp³-hybridized carbons (Fsp3) is 0.556. The summed E-state index contributed by atoms with van der Waals surface area (Å²) < 4.78 is 52.8. The van der Waals surface area contributed by atoms with Crippen molar-refractivity contribution in [3.8, 4) is 5.75 Å². The predicted molar refractivity (Wildman–Crippen MR) is 150 cm³/mol. The van der Waals surface area contributed by atoms with Gasteiger partial charge >= 0.3 is 19.4 Å². The lowest BCUT2D eigenvalue weighted by atomic mass is 9.82. The summed E-state index contributed by atoms with van der Waals surface area (Å²) in [5, 5.41) is 15.2. The number of carbonyl (C=O) groups excluding carboxylic acids is 2. The summed E-state index contributed by atoms with van der Waals surface area (Å²) in [5.41, 5.74) is -2.49. The quantitative estimate of drug-likeness (QED) is 0.211. The first-order valence-corrected chi connectivity index (χ1v) is 15.1. The van der Waals surface area contributed by atoms with Gasteiger partial charge in [-0.3, -0.25) is 18.7 Å². The van der Waals surface area contributed by atoms with Gasteiger partial charge in [-0.15, -0.1) is 0 Å². The minimum absolute atomic E-state index is 0.00287. The van der Waals surface area contributed by atoms with Crippen LogP contribution in [0.25, 0.3) is 0 Å². The standard InChI is InChI=1S/C27H38FN4O9P/c1-6-10-22(34)29-21-13-14-32(26(36)30-21)24-23(28)27(5,16-33)20(40-24)15-38-42(37,41-19-11-8-7-9-12-19)31-18(4)25(35)39-17(2)3/h7-9,11-14,17-18,20,23-24,33H,6,10,15-16H2,1-5H3,(H,31,37)(H,29,30,34,36)/t18-,20+,23-,24?,27?,42?/m0/s1. The number of para-hydroxylation sites is 1. The van der Waals surface area contributed by atoms with E-state index in [0.29, 0.717) is 6.42 Å². The average Bonchev–Trinajstić information content (AvgIpc) is 3.17. The van der Waals surface area contributed by atoms with Crippen LogP contribution in [0.1, 0.15) is 53.7 Å². The second-order valence-corrected chi connectivity index (χ2v) is 12.1. The van der Waals surface area contributed by atoms with E-state index in [4.69, 9.17) is 18.5 Å². The summed E-state index contributed by atoms with van der Waals surface area (Å²) in [5.74, 6) is -0.855. The van der Waals surface area contributed by atoms with Gasteiger partial charge < -0.3 is 24.4 Å². The maximum Gasteiger partial charge on any atom is 0.459 e. The second-order valence-electron chi connectivity index (χ2n) is 10.4. The molecule has 0 bridgehead atoms. The monoisotopic (exact) mass is 612 g/mol. The number of aliphatic hydroxyl groups is 1. The molecule has 6 atom stereocenters. The van der Waals surface area contributed by atoms with Crippen molar-refractivity contribution in [2.75, 3.05) is 18.5 Å². The van der Waals surface area contributed by atoms with E-state index < -0.39 is 68.7 Å². The first-order valence-electron chi connectivity index (χ1n) is 13.6. The number of esters is 1. The summed E-state index contributed by atoms with van der Waals surface area (Å²) in [4.78, 5) is 40.8. The Labute approximate surface area is 243 Å². The molecule has 2 aromatic rings. The van der Waals surface area contributed by atoms with Gasteiger partial charge in [0, 0.05) is 12.6 Å². The molecule has 1 aliphatic heterocycles. The van der Waals surface area contributed by atoms with Gasteiger partial charge in [0.2, 0.25) is 5.91 Å². The molecular weight excluding hydrogens is 574 g/mol. The molecule has 42 heavy (non-hydrogen) atoms. The molecule has 1 amide bonds. The maximum absolute atomic E-state index is 15.8. The van der Waals surface area contributed by atoms with Crippen LogP contribution in [0.5, 0.6) is 5.75 Å². The Bertz CT molecular complexity index is 1330. The smallest absolute Gasteiger partial charge is 0.459 e. The van der Waals surface area contributed by atoms with E-state index in [0.717, 1.165) is 4.57 Å². The van der Waals surface area contributed by atoms with Crippen molar-refractivity contribution >= 4 is 25.4 Å². The van der Waals surface area contributed by atoms with Crippen molar-refractivity contribution < 1.29 is 42.2 Å². The highest BCUT2D eigenvalue weighted by Crippen LogP contribution is 2.49. The molecule has 1 aromatic heterocycles. The van der Waals surface area contributed by atoms with Crippen LogP contribution in [0.3, 0.4) is 0 Å². The Morgan fingerprint density at radius 3 is 2.52 bits per heavy atom. The van der Waals surface area contributed by atoms with Gasteiger partial charge in [-0.1, -0.05) is 32.0 Å². The number of ether oxygens (including phenoxy) is 2. The number of aliphatic hydroxyl groups excluding tert-OH is 1. The molecule has 2 heterocycles. The summed E-state index contributed by atoms with van der Waals surface area (Å²) in [6.07, 6.45) is -3.01. The Hall–Kier alpha value is -3.16. The number of benzene rings is 1. The number of rotatable bonds is 14. The largest absolute Gasteiger partial charge is 0.462 e. The average molecular weight is 613 g/mol. The van der Waals surface area contributed by atoms with Gasteiger partial charge in [0.25, 0.3) is 0 Å². The van der Waals surface area contributed by atoms with E-state index in [-0.39, 0.29) is 23.9 Å². The molecule has 15 heteroatoms. The number of anilines is 1. The van der Waals surface area contributed by atoms with E-state index in [9.17, 15) is 24.1 Å². The van der Waals surface area contributed by atoms with Crippen molar-refractivity contribution in [1.82, 2.24) is 14.6 Å². The fourth-order valence-electron chi connectivity index (χ4n) is 4.13. The molecule has 0 aliphatic carbocycles. The molecule has 3 N–H and O–H groups in total. The predicted octanol–water partition coefficient (Wildman–Crippen LogP) is 3.35. The van der Waals surface area contributed by atoms with E-state index in [2.05, 4.69) is 15.4 Å². The van der Waals surface area contributed by atoms with Crippen molar-refractivity contribution in [3.63, 3.8) is 0 Å². The molecule has 1 aromatic carbocycles. The first kappa shape index (κ1) is 33.3. The van der Waals surface area contributed by atoms with Crippen LogP contribution < -0.4 is 20.6 Å². The van der Waals surface area contributed by atoms with E-state index in [1.807, 2.05) is 6.92 Å². The second kappa shape index (κ2) is 14.3. The van der Waals surface area contributed by atoms with Crippen LogP contribution in [0, 0.1) is 5.41 Å². The highest BCUT2D eigenvalue weighted by Gasteiger charge is 2.56. The van der Waals surface area contributed by atoms with Gasteiger partial charge in [-0.2, -0.15) is 10.1 Å². The molecule has 1 saturated heterocycles. The number of hydrogen-bond acceptors (Lipinski definition) is 10. The lowest BCUT2D eigenvalue weighted by Gasteiger charge is -2.30. The fourth-order valence-corrected chi connectivity index (χ4v) is 5.62. The third-order valence-corrected chi connectivity index (χ3v) is 8.17. The van der Waals surface area contributed by atoms with Crippen molar-refractivity contribution in [2.24, 2.45) is 5.41 Å². The van der Waals surface area contributed by atoms with Gasteiger partial charge in [0.05, 0.1) is 30.8 Å². The Kier molecular flexibility index (Phi) is 11.4. The minimum atomic E-state index is -4.32. The van der Waals surface area contributed by atoms with Crippen molar-refractivity contribution in [1.29, 1.82) is 0 Å². The van der Waals surface area contributed by atoms with Crippen LogP contribution in [0.4, 0.5) is 10.2 Å². The van der Waals surface area contributed by atoms with Crippen LogP contribution >= 0.6 is 7.75 Å². The highest BCUT2D eigenvalue weighted by molar-refractivity contribution is 7.52. The zero-order chi connectivity index (χ0) is 31.1. The summed E-state index contributed by atoms with van der Waals surface area (Å²) >= 11 is 0. The topological polar surface area (TPSA) is 167 Å². The summed E-state index contributed by atoms with van der Waals surface area (Å²) in [6.45, 7) is 6.70. The maximum atomic E-state index is 15.8. The van der Waals surface area contributed by atoms with Crippen molar-refractivity contribution in [2.45, 2.75) is 78.1 Å². The molecular formula is C27H38FN4O9P. The molecule has 0 radical (unpaired) electrons. The molecule has 3 unspecified atom stereocenters. The third-order valence-electron chi connectivity index (χ3n) is 6.53. The molecule has 232 valence electrons. The first-order chi connectivity index (χ1) is 19.8. The van der Waals surface area contributed by atoms with E-state index >= 15 is 4.39 Å². The minimum Gasteiger partial charge on any atom is -0.462 e. The lowest BCUT2D eigenvalue weighted by Crippen LogP contribution is -2.42. The van der Waals surface area contributed by atoms with Gasteiger partial charge in [0.1, 0.15) is 17.6 Å². The molecule has 3 rings (SSSR count). The number of carbonyl (C=O) groups is 2. The van der Waals surface area contributed by atoms with Crippen LogP contribution in [-0.4, -0.2) is 64.2 Å². The van der Waals surface area contributed by atoms with Gasteiger partial charge in [-0.05, 0) is 45.4 Å². The number of hydrogen-bond donors (Lipinski definition) is 3. The summed E-state index contributed by atoms with van der Waals surface area (Å²) in [6, 6.07) is 8.28. The van der Waals surface area contributed by atoms with Crippen molar-refractivity contribution in [3.05, 3.63) is 53.1 Å². The van der Waals surface area contributed by atoms with Gasteiger partial charge in [0.15, 0.2) is 12.4 Å². The molecule has 13 nitrogen and oxygen atoms in total. The van der Waals surface area contributed by atoms with E-state index in [1.54, 1.807) is 32.0 Å². The molecule has 1 aliphatic rings. The third kappa shape index (κ3) is 8.23. The Balaban J connectivity index is 1.82. The Morgan fingerprint density at radius 2 is 1.93 bits per heavy atom. The summed E-state index contributed by atoms with van der Waals surface area (Å²) in [7, 11) is -4.32.